The highest BCUT2D eigenvalue weighted by molar-refractivity contribution is 5.69. The van der Waals surface area contributed by atoms with Crippen molar-refractivity contribution < 1.29 is 4.92 Å². The Kier molecular flexibility index (Phi) is 3.37. The summed E-state index contributed by atoms with van der Waals surface area (Å²) in [6.07, 6.45) is 0.503. The summed E-state index contributed by atoms with van der Waals surface area (Å²) in [6.45, 7) is 1.83. The van der Waals surface area contributed by atoms with Gasteiger partial charge in [-0.05, 0) is 24.6 Å². The van der Waals surface area contributed by atoms with Crippen molar-refractivity contribution in [1.29, 1.82) is 0 Å². The van der Waals surface area contributed by atoms with Crippen LogP contribution in [0.5, 0.6) is 0 Å². The molecule has 0 aliphatic heterocycles. The van der Waals surface area contributed by atoms with Gasteiger partial charge in [-0.15, -0.1) is 0 Å². The van der Waals surface area contributed by atoms with Gasteiger partial charge in [0, 0.05) is 18.4 Å². The molecule has 0 saturated heterocycles. The highest BCUT2D eigenvalue weighted by Crippen LogP contribution is 2.31. The molecule has 0 aliphatic carbocycles. The van der Waals surface area contributed by atoms with Crippen molar-refractivity contribution in [2.45, 2.75) is 13.3 Å². The summed E-state index contributed by atoms with van der Waals surface area (Å²) in [4.78, 5) is 10.7. The van der Waals surface area contributed by atoms with Crippen molar-refractivity contribution >= 4 is 22.9 Å². The van der Waals surface area contributed by atoms with Gasteiger partial charge in [0.25, 0.3) is 0 Å². The van der Waals surface area contributed by atoms with E-state index in [2.05, 4.69) is 10.4 Å². The SMILES string of the molecule is CCc1nn(C)c(Nc2cccc(N)c2)c1[N+](=O)[O-]. The Bertz CT molecular complexity index is 621. The van der Waals surface area contributed by atoms with Crippen molar-refractivity contribution in [3.05, 3.63) is 40.1 Å². The van der Waals surface area contributed by atoms with Crippen molar-refractivity contribution in [1.82, 2.24) is 9.78 Å². The van der Waals surface area contributed by atoms with Gasteiger partial charge in [0.05, 0.1) is 4.92 Å². The van der Waals surface area contributed by atoms with Crippen LogP contribution in [-0.4, -0.2) is 14.7 Å². The van der Waals surface area contributed by atoms with E-state index in [1.165, 1.54) is 4.68 Å². The summed E-state index contributed by atoms with van der Waals surface area (Å²) in [5.41, 5.74) is 7.42. The zero-order valence-electron chi connectivity index (χ0n) is 10.8. The fourth-order valence-electron chi connectivity index (χ4n) is 1.89. The largest absolute Gasteiger partial charge is 0.399 e. The number of nitrogens with two attached hydrogens (primary N) is 1. The number of nitrogens with one attached hydrogen (secondary N) is 1. The molecular weight excluding hydrogens is 246 g/mol. The lowest BCUT2D eigenvalue weighted by Gasteiger charge is -2.06. The number of benzene rings is 1. The van der Waals surface area contributed by atoms with E-state index in [1.807, 2.05) is 6.92 Å². The first-order valence-corrected chi connectivity index (χ1v) is 5.85. The van der Waals surface area contributed by atoms with E-state index < -0.39 is 4.92 Å². The first-order valence-electron chi connectivity index (χ1n) is 5.85. The van der Waals surface area contributed by atoms with Crippen LogP contribution in [0, 0.1) is 10.1 Å². The number of aryl methyl sites for hydroxylation is 2. The maximum absolute atomic E-state index is 11.2. The van der Waals surface area contributed by atoms with Gasteiger partial charge >= 0.3 is 5.69 Å². The number of nitrogen functional groups attached to an aromatic ring is 1. The Morgan fingerprint density at radius 1 is 1.53 bits per heavy atom. The van der Waals surface area contributed by atoms with Gasteiger partial charge in [0.15, 0.2) is 0 Å². The number of rotatable bonds is 4. The van der Waals surface area contributed by atoms with Crippen LogP contribution in [-0.2, 0) is 13.5 Å². The first-order chi connectivity index (χ1) is 9.02. The lowest BCUT2D eigenvalue weighted by Crippen LogP contribution is -2.01. The molecule has 3 N–H and O–H groups in total. The van der Waals surface area contributed by atoms with E-state index >= 15 is 0 Å². The first kappa shape index (κ1) is 12.9. The minimum atomic E-state index is -0.416. The Hall–Kier alpha value is -2.57. The molecule has 0 radical (unpaired) electrons. The number of nitrogens with zero attached hydrogens (tertiary/aromatic N) is 3. The molecule has 0 saturated carbocycles. The number of hydrogen-bond donors (Lipinski definition) is 2. The smallest absolute Gasteiger partial charge is 0.334 e. The van der Waals surface area contributed by atoms with E-state index in [4.69, 9.17) is 5.73 Å². The van der Waals surface area contributed by atoms with Crippen molar-refractivity contribution in [2.75, 3.05) is 11.1 Å². The second kappa shape index (κ2) is 4.97. The molecule has 1 aromatic heterocycles. The number of aromatic nitrogens is 2. The molecule has 2 rings (SSSR count). The third-order valence-electron chi connectivity index (χ3n) is 2.76. The third-order valence-corrected chi connectivity index (χ3v) is 2.76. The maximum atomic E-state index is 11.2. The summed E-state index contributed by atoms with van der Waals surface area (Å²) < 4.78 is 1.47. The van der Waals surface area contributed by atoms with Gasteiger partial charge in [-0.3, -0.25) is 10.1 Å². The van der Waals surface area contributed by atoms with Crippen LogP contribution in [0.25, 0.3) is 0 Å². The Balaban J connectivity index is 2.45. The highest BCUT2D eigenvalue weighted by atomic mass is 16.6. The lowest BCUT2D eigenvalue weighted by molar-refractivity contribution is -0.384. The molecule has 0 bridgehead atoms. The third kappa shape index (κ3) is 2.49. The maximum Gasteiger partial charge on any atom is 0.334 e. The van der Waals surface area contributed by atoms with Gasteiger partial charge in [0.2, 0.25) is 5.82 Å². The second-order valence-electron chi connectivity index (χ2n) is 4.13. The van der Waals surface area contributed by atoms with Crippen LogP contribution in [0.2, 0.25) is 0 Å². The Morgan fingerprint density at radius 3 is 2.84 bits per heavy atom. The van der Waals surface area contributed by atoms with Gasteiger partial charge in [-0.25, -0.2) is 4.68 Å². The molecule has 19 heavy (non-hydrogen) atoms. The molecule has 2 aromatic rings. The molecule has 7 heteroatoms. The summed E-state index contributed by atoms with van der Waals surface area (Å²) in [5, 5.41) is 18.3. The lowest BCUT2D eigenvalue weighted by atomic mass is 10.2. The van der Waals surface area contributed by atoms with Crippen molar-refractivity contribution in [3.8, 4) is 0 Å². The van der Waals surface area contributed by atoms with Crippen molar-refractivity contribution in [2.24, 2.45) is 7.05 Å². The molecule has 0 spiro atoms. The van der Waals surface area contributed by atoms with Gasteiger partial charge in [-0.1, -0.05) is 13.0 Å². The van der Waals surface area contributed by atoms with Crippen LogP contribution >= 0.6 is 0 Å². The van der Waals surface area contributed by atoms with Gasteiger partial charge in [-0.2, -0.15) is 5.10 Å². The summed E-state index contributed by atoms with van der Waals surface area (Å²) in [5.74, 6) is 0.354. The molecule has 1 aromatic carbocycles. The second-order valence-corrected chi connectivity index (χ2v) is 4.13. The normalized spacial score (nSPS) is 10.4. The van der Waals surface area contributed by atoms with Crippen molar-refractivity contribution in [3.63, 3.8) is 0 Å². The van der Waals surface area contributed by atoms with Gasteiger partial charge < -0.3 is 11.1 Å². The van der Waals surface area contributed by atoms with Crippen LogP contribution in [0.15, 0.2) is 24.3 Å². The quantitative estimate of drug-likeness (QED) is 0.499. The average molecular weight is 261 g/mol. The highest BCUT2D eigenvalue weighted by Gasteiger charge is 2.25. The zero-order valence-corrected chi connectivity index (χ0v) is 10.8. The summed E-state index contributed by atoms with van der Waals surface area (Å²) >= 11 is 0. The molecule has 0 unspecified atom stereocenters. The number of anilines is 3. The fourth-order valence-corrected chi connectivity index (χ4v) is 1.89. The monoisotopic (exact) mass is 261 g/mol. The molecule has 100 valence electrons. The molecule has 0 amide bonds. The number of hydrogen-bond acceptors (Lipinski definition) is 5. The fraction of sp³-hybridized carbons (Fsp3) is 0.250. The van der Waals surface area contributed by atoms with Gasteiger partial charge in [0.1, 0.15) is 5.69 Å². The van der Waals surface area contributed by atoms with E-state index in [9.17, 15) is 10.1 Å². The van der Waals surface area contributed by atoms with Crippen LogP contribution in [0.3, 0.4) is 0 Å². The van der Waals surface area contributed by atoms with Crippen LogP contribution in [0.4, 0.5) is 22.9 Å². The summed E-state index contributed by atoms with van der Waals surface area (Å²) in [7, 11) is 1.67. The topological polar surface area (TPSA) is 99.0 Å². The van der Waals surface area contributed by atoms with E-state index in [-0.39, 0.29) is 5.69 Å². The van der Waals surface area contributed by atoms with E-state index in [0.717, 1.165) is 0 Å². The molecule has 0 fully saturated rings. The Labute approximate surface area is 110 Å². The molecule has 0 aliphatic rings. The predicted molar refractivity (Wildman–Crippen MR) is 73.4 cm³/mol. The van der Waals surface area contributed by atoms with E-state index in [1.54, 1.807) is 31.3 Å². The van der Waals surface area contributed by atoms with Crippen LogP contribution < -0.4 is 11.1 Å². The summed E-state index contributed by atoms with van der Waals surface area (Å²) in [6, 6.07) is 7.03. The molecule has 7 nitrogen and oxygen atoms in total. The predicted octanol–water partition coefficient (Wildman–Crippen LogP) is 2.22. The average Bonchev–Trinajstić information content (AvgIpc) is 2.66. The minimum absolute atomic E-state index is 0.00687. The standard InChI is InChI=1S/C12H15N5O2/c1-3-10-11(17(18)19)12(16(2)15-10)14-9-6-4-5-8(13)7-9/h4-7,14H,3,13H2,1-2H3. The van der Waals surface area contributed by atoms with Crippen LogP contribution in [0.1, 0.15) is 12.6 Å². The zero-order chi connectivity index (χ0) is 14.0. The molecule has 1 heterocycles. The van der Waals surface area contributed by atoms with E-state index in [0.29, 0.717) is 29.3 Å². The minimum Gasteiger partial charge on any atom is -0.399 e. The Morgan fingerprint density at radius 2 is 2.26 bits per heavy atom. The molecular formula is C12H15N5O2. The molecule has 0 atom stereocenters. The number of nitro groups is 1.